The zero-order chi connectivity index (χ0) is 14.5. The van der Waals surface area contributed by atoms with E-state index in [9.17, 15) is 0 Å². The second-order valence-corrected chi connectivity index (χ2v) is 6.33. The molecular formula is C17H27ClN2. The van der Waals surface area contributed by atoms with Crippen LogP contribution in [0.2, 0.25) is 5.02 Å². The van der Waals surface area contributed by atoms with Gasteiger partial charge in [-0.2, -0.15) is 0 Å². The van der Waals surface area contributed by atoms with Gasteiger partial charge in [0.05, 0.1) is 10.7 Å². The lowest BCUT2D eigenvalue weighted by Gasteiger charge is -2.36. The molecule has 1 heterocycles. The molecule has 0 saturated carbocycles. The number of halogens is 1. The third-order valence-electron chi connectivity index (χ3n) is 4.28. The topological polar surface area (TPSA) is 15.3 Å². The van der Waals surface area contributed by atoms with Crippen molar-refractivity contribution in [1.29, 1.82) is 0 Å². The van der Waals surface area contributed by atoms with E-state index in [2.05, 4.69) is 49.2 Å². The van der Waals surface area contributed by atoms with Gasteiger partial charge in [0.15, 0.2) is 0 Å². The van der Waals surface area contributed by atoms with Crippen LogP contribution in [-0.2, 0) is 0 Å². The number of piperidine rings is 1. The molecule has 1 aromatic carbocycles. The van der Waals surface area contributed by atoms with Crippen LogP contribution in [0.1, 0.15) is 58.1 Å². The molecule has 1 aliphatic rings. The molecule has 2 atom stereocenters. The van der Waals surface area contributed by atoms with Gasteiger partial charge in [-0.15, -0.1) is 0 Å². The standard InChI is InChI=1S/C17H27ClN2/c1-4-10-19-14(3)15-8-9-17(16(18)12-15)20-11-6-5-7-13(20)2/h8-9,12-14,19H,4-7,10-11H2,1-3H3. The average Bonchev–Trinajstić information content (AvgIpc) is 2.45. The molecule has 1 saturated heterocycles. The van der Waals surface area contributed by atoms with E-state index in [0.29, 0.717) is 12.1 Å². The van der Waals surface area contributed by atoms with E-state index >= 15 is 0 Å². The zero-order valence-corrected chi connectivity index (χ0v) is 13.7. The number of rotatable bonds is 5. The molecule has 112 valence electrons. The van der Waals surface area contributed by atoms with Crippen molar-refractivity contribution in [3.05, 3.63) is 28.8 Å². The first-order chi connectivity index (χ1) is 9.63. The Morgan fingerprint density at radius 1 is 1.40 bits per heavy atom. The maximum Gasteiger partial charge on any atom is 0.0642 e. The predicted molar refractivity (Wildman–Crippen MR) is 88.8 cm³/mol. The van der Waals surface area contributed by atoms with Crippen LogP contribution in [0.3, 0.4) is 0 Å². The van der Waals surface area contributed by atoms with Crippen LogP contribution in [0.25, 0.3) is 0 Å². The van der Waals surface area contributed by atoms with Gasteiger partial charge >= 0.3 is 0 Å². The van der Waals surface area contributed by atoms with E-state index in [4.69, 9.17) is 11.6 Å². The monoisotopic (exact) mass is 294 g/mol. The molecule has 1 aromatic rings. The van der Waals surface area contributed by atoms with Crippen LogP contribution in [-0.4, -0.2) is 19.1 Å². The summed E-state index contributed by atoms with van der Waals surface area (Å²) in [5.41, 5.74) is 2.47. The summed E-state index contributed by atoms with van der Waals surface area (Å²) in [6.45, 7) is 8.86. The first-order valence-corrected chi connectivity index (χ1v) is 8.30. The van der Waals surface area contributed by atoms with Gasteiger partial charge in [0, 0.05) is 18.6 Å². The molecule has 1 N–H and O–H groups in total. The molecule has 0 spiro atoms. The summed E-state index contributed by atoms with van der Waals surface area (Å²) in [6, 6.07) is 7.51. The van der Waals surface area contributed by atoms with Crippen LogP contribution >= 0.6 is 11.6 Å². The minimum atomic E-state index is 0.361. The lowest BCUT2D eigenvalue weighted by molar-refractivity contribution is 0.485. The molecule has 0 aromatic heterocycles. The van der Waals surface area contributed by atoms with Gasteiger partial charge in [-0.3, -0.25) is 0 Å². The fourth-order valence-corrected chi connectivity index (χ4v) is 3.26. The summed E-state index contributed by atoms with van der Waals surface area (Å²) in [5, 5.41) is 4.40. The molecule has 0 aliphatic carbocycles. The third-order valence-corrected chi connectivity index (χ3v) is 4.59. The summed E-state index contributed by atoms with van der Waals surface area (Å²) in [4.78, 5) is 2.46. The highest BCUT2D eigenvalue weighted by Crippen LogP contribution is 2.33. The number of nitrogens with zero attached hydrogens (tertiary/aromatic N) is 1. The van der Waals surface area contributed by atoms with Crippen molar-refractivity contribution in [2.75, 3.05) is 18.0 Å². The molecule has 0 radical (unpaired) electrons. The van der Waals surface area contributed by atoms with E-state index in [0.717, 1.165) is 24.5 Å². The normalized spacial score (nSPS) is 21.0. The average molecular weight is 295 g/mol. The Labute approximate surface area is 128 Å². The summed E-state index contributed by atoms with van der Waals surface area (Å²) in [5.74, 6) is 0. The summed E-state index contributed by atoms with van der Waals surface area (Å²) in [6.07, 6.45) is 5.04. The Morgan fingerprint density at radius 3 is 2.85 bits per heavy atom. The molecule has 20 heavy (non-hydrogen) atoms. The summed E-state index contributed by atoms with van der Waals surface area (Å²) in [7, 11) is 0. The Hall–Kier alpha value is -0.730. The molecule has 2 rings (SSSR count). The summed E-state index contributed by atoms with van der Waals surface area (Å²) < 4.78 is 0. The van der Waals surface area contributed by atoms with Crippen molar-refractivity contribution in [2.45, 2.75) is 58.5 Å². The fraction of sp³-hybridized carbons (Fsp3) is 0.647. The lowest BCUT2D eigenvalue weighted by Crippen LogP contribution is -2.37. The van der Waals surface area contributed by atoms with Crippen molar-refractivity contribution < 1.29 is 0 Å². The summed E-state index contributed by atoms with van der Waals surface area (Å²) >= 11 is 6.54. The van der Waals surface area contributed by atoms with Gasteiger partial charge in [-0.1, -0.05) is 24.6 Å². The van der Waals surface area contributed by atoms with Crippen molar-refractivity contribution in [3.8, 4) is 0 Å². The lowest BCUT2D eigenvalue weighted by atomic mass is 10.0. The van der Waals surface area contributed by atoms with Gasteiger partial charge in [0.1, 0.15) is 0 Å². The number of hydrogen-bond acceptors (Lipinski definition) is 2. The van der Waals surface area contributed by atoms with Crippen molar-refractivity contribution >= 4 is 17.3 Å². The maximum absolute atomic E-state index is 6.54. The SMILES string of the molecule is CCCNC(C)c1ccc(N2CCCCC2C)c(Cl)c1. The Balaban J connectivity index is 2.12. The minimum absolute atomic E-state index is 0.361. The van der Waals surface area contributed by atoms with Crippen molar-refractivity contribution in [3.63, 3.8) is 0 Å². The van der Waals surface area contributed by atoms with Crippen molar-refractivity contribution in [1.82, 2.24) is 5.32 Å². The predicted octanol–water partition coefficient (Wildman–Crippen LogP) is 4.78. The number of anilines is 1. The van der Waals surface area contributed by atoms with Crippen molar-refractivity contribution in [2.24, 2.45) is 0 Å². The Bertz CT molecular complexity index is 433. The second-order valence-electron chi connectivity index (χ2n) is 5.92. The van der Waals surface area contributed by atoms with Crippen LogP contribution in [0.4, 0.5) is 5.69 Å². The van der Waals surface area contributed by atoms with E-state index < -0.39 is 0 Å². The molecule has 2 unspecified atom stereocenters. The Morgan fingerprint density at radius 2 is 2.20 bits per heavy atom. The van der Waals surface area contributed by atoms with E-state index in [-0.39, 0.29) is 0 Å². The van der Waals surface area contributed by atoms with Gasteiger partial charge in [0.2, 0.25) is 0 Å². The number of benzene rings is 1. The number of nitrogens with one attached hydrogen (secondary N) is 1. The molecule has 1 fully saturated rings. The first-order valence-electron chi connectivity index (χ1n) is 7.93. The van der Waals surface area contributed by atoms with Crippen LogP contribution in [0.15, 0.2) is 18.2 Å². The quantitative estimate of drug-likeness (QED) is 0.841. The highest BCUT2D eigenvalue weighted by atomic mass is 35.5. The molecule has 0 amide bonds. The van der Waals surface area contributed by atoms with E-state index in [1.165, 1.54) is 30.5 Å². The molecule has 2 nitrogen and oxygen atoms in total. The van der Waals surface area contributed by atoms with Crippen LogP contribution in [0, 0.1) is 0 Å². The Kier molecular flexibility index (Phi) is 5.74. The first kappa shape index (κ1) is 15.7. The van der Waals surface area contributed by atoms with Gasteiger partial charge in [-0.25, -0.2) is 0 Å². The third kappa shape index (κ3) is 3.67. The van der Waals surface area contributed by atoms with Gasteiger partial charge in [0.25, 0.3) is 0 Å². The van der Waals surface area contributed by atoms with Crippen LogP contribution < -0.4 is 10.2 Å². The molecule has 3 heteroatoms. The number of hydrogen-bond donors (Lipinski definition) is 1. The van der Waals surface area contributed by atoms with E-state index in [1.807, 2.05) is 0 Å². The zero-order valence-electron chi connectivity index (χ0n) is 13.0. The minimum Gasteiger partial charge on any atom is -0.368 e. The van der Waals surface area contributed by atoms with Crippen LogP contribution in [0.5, 0.6) is 0 Å². The van der Waals surface area contributed by atoms with Gasteiger partial charge in [-0.05, 0) is 63.8 Å². The van der Waals surface area contributed by atoms with E-state index in [1.54, 1.807) is 0 Å². The molecular weight excluding hydrogens is 268 g/mol. The maximum atomic E-state index is 6.54. The largest absolute Gasteiger partial charge is 0.368 e. The second kappa shape index (κ2) is 7.33. The highest BCUT2D eigenvalue weighted by Gasteiger charge is 2.21. The smallest absolute Gasteiger partial charge is 0.0642 e. The molecule has 0 bridgehead atoms. The fourth-order valence-electron chi connectivity index (χ4n) is 2.96. The molecule has 1 aliphatic heterocycles. The van der Waals surface area contributed by atoms with Gasteiger partial charge < -0.3 is 10.2 Å². The highest BCUT2D eigenvalue weighted by molar-refractivity contribution is 6.33.